The molecule has 0 unspecified atom stereocenters. The number of carbonyl (C=O) groups excluding carboxylic acids is 2. The van der Waals surface area contributed by atoms with Gasteiger partial charge in [0.15, 0.2) is 0 Å². The maximum Gasteiger partial charge on any atom is 0.321 e. The van der Waals surface area contributed by atoms with Gasteiger partial charge in [0.2, 0.25) is 0 Å². The zero-order chi connectivity index (χ0) is 17.8. The molecule has 0 radical (unpaired) electrons. The predicted molar refractivity (Wildman–Crippen MR) is 94.3 cm³/mol. The zero-order valence-corrected chi connectivity index (χ0v) is 14.2. The molecule has 0 saturated carbocycles. The minimum Gasteiger partial charge on any atom is -0.335 e. The van der Waals surface area contributed by atoms with Crippen LogP contribution in [0, 0.1) is 5.82 Å². The third-order valence-electron chi connectivity index (χ3n) is 4.00. The molecule has 0 atom stereocenters. The minimum atomic E-state index is -0.439. The smallest absolute Gasteiger partial charge is 0.321 e. The van der Waals surface area contributed by atoms with E-state index in [-0.39, 0.29) is 11.9 Å². The molecule has 3 rings (SSSR count). The summed E-state index contributed by atoms with van der Waals surface area (Å²) in [5, 5.41) is 3.33. The van der Waals surface area contributed by atoms with Gasteiger partial charge in [0, 0.05) is 42.5 Å². The van der Waals surface area contributed by atoms with Gasteiger partial charge in [-0.25, -0.2) is 9.18 Å². The van der Waals surface area contributed by atoms with Gasteiger partial charge < -0.3 is 15.1 Å². The van der Waals surface area contributed by atoms with Crippen LogP contribution < -0.4 is 5.32 Å². The average Bonchev–Trinajstić information content (AvgIpc) is 2.61. The summed E-state index contributed by atoms with van der Waals surface area (Å²) in [6.45, 7) is 1.62. The monoisotopic (exact) mass is 361 g/mol. The van der Waals surface area contributed by atoms with E-state index in [0.29, 0.717) is 42.5 Å². The van der Waals surface area contributed by atoms with Crippen LogP contribution in [0.15, 0.2) is 48.5 Å². The molecule has 25 heavy (non-hydrogen) atoms. The van der Waals surface area contributed by atoms with Gasteiger partial charge in [0.05, 0.1) is 0 Å². The van der Waals surface area contributed by atoms with Crippen molar-refractivity contribution in [3.8, 4) is 0 Å². The third kappa shape index (κ3) is 4.28. The summed E-state index contributed by atoms with van der Waals surface area (Å²) in [4.78, 5) is 27.9. The third-order valence-corrected chi connectivity index (χ3v) is 4.24. The number of benzene rings is 2. The lowest BCUT2D eigenvalue weighted by molar-refractivity contribution is 0.0671. The second-order valence-electron chi connectivity index (χ2n) is 5.73. The molecule has 3 amide bonds. The summed E-state index contributed by atoms with van der Waals surface area (Å²) in [7, 11) is 0. The highest BCUT2D eigenvalue weighted by molar-refractivity contribution is 6.30. The van der Waals surface area contributed by atoms with E-state index in [0.717, 1.165) is 0 Å². The zero-order valence-electron chi connectivity index (χ0n) is 13.4. The first-order valence-corrected chi connectivity index (χ1v) is 8.27. The van der Waals surface area contributed by atoms with Gasteiger partial charge in [-0.3, -0.25) is 4.79 Å². The van der Waals surface area contributed by atoms with E-state index in [1.54, 1.807) is 40.1 Å². The van der Waals surface area contributed by atoms with E-state index in [2.05, 4.69) is 5.32 Å². The normalized spacial score (nSPS) is 14.3. The Morgan fingerprint density at radius 2 is 1.64 bits per heavy atom. The van der Waals surface area contributed by atoms with E-state index in [1.165, 1.54) is 18.2 Å². The van der Waals surface area contributed by atoms with Gasteiger partial charge in [0.1, 0.15) is 5.82 Å². The van der Waals surface area contributed by atoms with E-state index in [1.807, 2.05) is 0 Å². The molecule has 1 aliphatic heterocycles. The first kappa shape index (κ1) is 17.2. The maximum atomic E-state index is 13.3. The largest absolute Gasteiger partial charge is 0.335 e. The highest BCUT2D eigenvalue weighted by Crippen LogP contribution is 2.16. The molecule has 0 aromatic heterocycles. The fourth-order valence-corrected chi connectivity index (χ4v) is 2.88. The lowest BCUT2D eigenvalue weighted by Crippen LogP contribution is -2.51. The quantitative estimate of drug-likeness (QED) is 0.890. The number of anilines is 1. The Kier molecular flexibility index (Phi) is 5.19. The van der Waals surface area contributed by atoms with E-state index >= 15 is 0 Å². The number of piperazine rings is 1. The van der Waals surface area contributed by atoms with E-state index in [4.69, 9.17) is 11.6 Å². The summed E-state index contributed by atoms with van der Waals surface area (Å²) >= 11 is 5.90. The van der Waals surface area contributed by atoms with Gasteiger partial charge in [-0.1, -0.05) is 23.7 Å². The average molecular weight is 362 g/mol. The molecule has 2 aromatic rings. The number of hydrogen-bond acceptors (Lipinski definition) is 2. The second-order valence-corrected chi connectivity index (χ2v) is 6.17. The van der Waals surface area contributed by atoms with Crippen LogP contribution in [-0.4, -0.2) is 47.9 Å². The van der Waals surface area contributed by atoms with Gasteiger partial charge in [-0.15, -0.1) is 0 Å². The molecule has 1 N–H and O–H groups in total. The number of carbonyl (C=O) groups is 2. The highest BCUT2D eigenvalue weighted by Gasteiger charge is 2.25. The molecule has 1 saturated heterocycles. The molecule has 1 heterocycles. The maximum absolute atomic E-state index is 13.3. The van der Waals surface area contributed by atoms with E-state index in [9.17, 15) is 14.0 Å². The predicted octanol–water partition coefficient (Wildman–Crippen LogP) is 3.47. The van der Waals surface area contributed by atoms with Crippen molar-refractivity contribution in [1.29, 1.82) is 0 Å². The van der Waals surface area contributed by atoms with Crippen LogP contribution in [0.3, 0.4) is 0 Å². The molecular formula is C18H17ClFN3O2. The van der Waals surface area contributed by atoms with Crippen LogP contribution in [0.2, 0.25) is 5.02 Å². The highest BCUT2D eigenvalue weighted by atomic mass is 35.5. The Bertz CT molecular complexity index is 791. The van der Waals surface area contributed by atoms with Crippen molar-refractivity contribution in [2.75, 3.05) is 31.5 Å². The standard InChI is InChI=1S/C18H17ClFN3O2/c19-14-4-2-6-16(12-14)21-18(25)23-9-7-22(8-10-23)17(24)13-3-1-5-15(20)11-13/h1-6,11-12H,7-10H2,(H,21,25). The van der Waals surface area contributed by atoms with Crippen molar-refractivity contribution in [1.82, 2.24) is 9.80 Å². The first-order chi connectivity index (χ1) is 12.0. The number of hydrogen-bond donors (Lipinski definition) is 1. The lowest BCUT2D eigenvalue weighted by Gasteiger charge is -2.34. The van der Waals surface area contributed by atoms with Crippen LogP contribution in [0.4, 0.5) is 14.9 Å². The van der Waals surface area contributed by atoms with E-state index < -0.39 is 5.82 Å². The molecular weight excluding hydrogens is 345 g/mol. The van der Waals surface area contributed by atoms with Crippen LogP contribution in [0.25, 0.3) is 0 Å². The molecule has 5 nitrogen and oxygen atoms in total. The molecule has 0 bridgehead atoms. The minimum absolute atomic E-state index is 0.227. The van der Waals surface area contributed by atoms with Gasteiger partial charge in [-0.2, -0.15) is 0 Å². The summed E-state index contributed by atoms with van der Waals surface area (Å²) in [6, 6.07) is 12.3. The molecule has 0 spiro atoms. The Balaban J connectivity index is 1.56. The molecule has 1 fully saturated rings. The summed E-state index contributed by atoms with van der Waals surface area (Å²) in [5.41, 5.74) is 0.938. The summed E-state index contributed by atoms with van der Waals surface area (Å²) in [6.07, 6.45) is 0. The number of halogens is 2. The molecule has 0 aliphatic carbocycles. The van der Waals surface area contributed by atoms with Crippen molar-refractivity contribution in [3.63, 3.8) is 0 Å². The van der Waals surface area contributed by atoms with Crippen LogP contribution >= 0.6 is 11.6 Å². The van der Waals surface area contributed by atoms with Crippen molar-refractivity contribution >= 4 is 29.2 Å². The number of rotatable bonds is 2. The fraction of sp³-hybridized carbons (Fsp3) is 0.222. The molecule has 2 aromatic carbocycles. The summed E-state index contributed by atoms with van der Waals surface area (Å²) in [5.74, 6) is -0.667. The van der Waals surface area contributed by atoms with Crippen molar-refractivity contribution in [3.05, 3.63) is 64.9 Å². The Labute approximate surface area is 150 Å². The van der Waals surface area contributed by atoms with Crippen molar-refractivity contribution < 1.29 is 14.0 Å². The molecule has 7 heteroatoms. The Morgan fingerprint density at radius 1 is 0.960 bits per heavy atom. The van der Waals surface area contributed by atoms with Gasteiger partial charge in [-0.05, 0) is 36.4 Å². The number of nitrogens with one attached hydrogen (secondary N) is 1. The SMILES string of the molecule is O=C(Nc1cccc(Cl)c1)N1CCN(C(=O)c2cccc(F)c2)CC1. The number of urea groups is 1. The van der Waals surface area contributed by atoms with Gasteiger partial charge in [0.25, 0.3) is 5.91 Å². The Morgan fingerprint density at radius 3 is 2.32 bits per heavy atom. The topological polar surface area (TPSA) is 52.7 Å². The van der Waals surface area contributed by atoms with Crippen molar-refractivity contribution in [2.24, 2.45) is 0 Å². The second kappa shape index (κ2) is 7.53. The van der Waals surface area contributed by atoms with Crippen molar-refractivity contribution in [2.45, 2.75) is 0 Å². The van der Waals surface area contributed by atoms with Crippen LogP contribution in [0.1, 0.15) is 10.4 Å². The number of amides is 3. The fourth-order valence-electron chi connectivity index (χ4n) is 2.69. The Hall–Kier alpha value is -2.60. The molecule has 130 valence electrons. The van der Waals surface area contributed by atoms with Crippen LogP contribution in [0.5, 0.6) is 0 Å². The van der Waals surface area contributed by atoms with Crippen LogP contribution in [-0.2, 0) is 0 Å². The molecule has 1 aliphatic rings. The summed E-state index contributed by atoms with van der Waals surface area (Å²) < 4.78 is 13.3. The first-order valence-electron chi connectivity index (χ1n) is 7.89. The van der Waals surface area contributed by atoms with Gasteiger partial charge >= 0.3 is 6.03 Å². The lowest BCUT2D eigenvalue weighted by atomic mass is 10.2. The number of nitrogens with zero attached hydrogens (tertiary/aromatic N) is 2.